The van der Waals surface area contributed by atoms with Gasteiger partial charge in [0.1, 0.15) is 4.70 Å². The van der Waals surface area contributed by atoms with Crippen molar-refractivity contribution >= 4 is 39.2 Å². The van der Waals surface area contributed by atoms with Crippen LogP contribution in [-0.4, -0.2) is 27.8 Å². The molecule has 1 aromatic carbocycles. The summed E-state index contributed by atoms with van der Waals surface area (Å²) >= 11 is 2.69. The van der Waals surface area contributed by atoms with E-state index in [1.807, 2.05) is 43.5 Å². The van der Waals surface area contributed by atoms with Crippen molar-refractivity contribution in [2.24, 2.45) is 0 Å². The van der Waals surface area contributed by atoms with Gasteiger partial charge >= 0.3 is 0 Å². The van der Waals surface area contributed by atoms with Crippen molar-refractivity contribution in [3.8, 4) is 5.69 Å². The normalized spacial score (nSPS) is 11.1. The number of thiophene rings is 1. The van der Waals surface area contributed by atoms with Crippen molar-refractivity contribution in [2.75, 3.05) is 12.3 Å². The third-order valence-electron chi connectivity index (χ3n) is 4.24. The highest BCUT2D eigenvalue weighted by Crippen LogP contribution is 2.25. The quantitative estimate of drug-likeness (QED) is 0.368. The molecule has 0 saturated carbocycles. The minimum Gasteiger partial charge on any atom is -0.355 e. The number of amides is 1. The minimum atomic E-state index is -0.0856. The molecule has 2 aromatic heterocycles. The Balaban J connectivity index is 2.00. The molecule has 27 heavy (non-hydrogen) atoms. The molecule has 3 aromatic rings. The molecule has 142 valence electrons. The van der Waals surface area contributed by atoms with Gasteiger partial charge in [0.2, 0.25) is 5.91 Å². The van der Waals surface area contributed by atoms with Crippen molar-refractivity contribution < 1.29 is 4.79 Å². The Labute approximate surface area is 166 Å². The summed E-state index contributed by atoms with van der Waals surface area (Å²) in [5.74, 6) is 0.192. The fourth-order valence-electron chi connectivity index (χ4n) is 2.75. The lowest BCUT2D eigenvalue weighted by Crippen LogP contribution is -2.27. The van der Waals surface area contributed by atoms with E-state index in [9.17, 15) is 9.59 Å². The minimum absolute atomic E-state index is 0.0411. The summed E-state index contributed by atoms with van der Waals surface area (Å²) in [4.78, 5) is 29.9. The fraction of sp³-hybridized carbons (Fsp3) is 0.350. The molecule has 0 saturated heterocycles. The molecule has 0 aliphatic carbocycles. The molecule has 0 radical (unpaired) electrons. The summed E-state index contributed by atoms with van der Waals surface area (Å²) in [6.45, 7) is 6.74. The Morgan fingerprint density at radius 2 is 2.11 bits per heavy atom. The second-order valence-corrected chi connectivity index (χ2v) is 8.31. The number of rotatable bonds is 7. The van der Waals surface area contributed by atoms with Crippen LogP contribution in [0.15, 0.2) is 39.6 Å². The van der Waals surface area contributed by atoms with Gasteiger partial charge in [0, 0.05) is 6.54 Å². The molecule has 7 heteroatoms. The van der Waals surface area contributed by atoms with Gasteiger partial charge in [-0.25, -0.2) is 4.98 Å². The second kappa shape index (κ2) is 8.71. The van der Waals surface area contributed by atoms with E-state index in [1.54, 1.807) is 4.57 Å². The first-order valence-corrected chi connectivity index (χ1v) is 10.8. The van der Waals surface area contributed by atoms with Crippen LogP contribution in [0.4, 0.5) is 0 Å². The molecular formula is C20H23N3O2S2. The summed E-state index contributed by atoms with van der Waals surface area (Å²) in [6, 6.07) is 7.86. The van der Waals surface area contributed by atoms with Gasteiger partial charge in [0.15, 0.2) is 5.16 Å². The highest BCUT2D eigenvalue weighted by molar-refractivity contribution is 7.99. The number of carbonyl (C=O) groups excluding carboxylic acids is 1. The van der Waals surface area contributed by atoms with Gasteiger partial charge in [0.25, 0.3) is 5.56 Å². The topological polar surface area (TPSA) is 64.0 Å². The number of fused-ring (bicyclic) bond motifs is 1. The van der Waals surface area contributed by atoms with Crippen LogP contribution in [0.1, 0.15) is 30.9 Å². The van der Waals surface area contributed by atoms with Gasteiger partial charge < -0.3 is 5.32 Å². The largest absolute Gasteiger partial charge is 0.355 e. The smallest absolute Gasteiger partial charge is 0.276 e. The SMILES string of the molecule is CCCCNC(=O)CSc1nc2ccsc2c(=O)n1-c1cc(C)ccc1C. The van der Waals surface area contributed by atoms with Gasteiger partial charge in [-0.1, -0.05) is 37.2 Å². The number of unbranched alkanes of at least 4 members (excludes halogenated alkanes) is 1. The lowest BCUT2D eigenvalue weighted by molar-refractivity contribution is -0.118. The van der Waals surface area contributed by atoms with E-state index in [0.717, 1.165) is 29.7 Å². The number of hydrogen-bond donors (Lipinski definition) is 1. The van der Waals surface area contributed by atoms with Crippen LogP contribution >= 0.6 is 23.1 Å². The molecule has 0 fully saturated rings. The summed E-state index contributed by atoms with van der Waals surface area (Å²) in [6.07, 6.45) is 2.00. The van der Waals surface area contributed by atoms with E-state index in [2.05, 4.69) is 17.2 Å². The molecule has 5 nitrogen and oxygen atoms in total. The number of aryl methyl sites for hydroxylation is 2. The predicted molar refractivity (Wildman–Crippen MR) is 113 cm³/mol. The van der Waals surface area contributed by atoms with Gasteiger partial charge in [-0.3, -0.25) is 14.2 Å². The maximum atomic E-state index is 13.1. The molecule has 0 bridgehead atoms. The van der Waals surface area contributed by atoms with Crippen molar-refractivity contribution in [1.29, 1.82) is 0 Å². The van der Waals surface area contributed by atoms with E-state index in [1.165, 1.54) is 23.1 Å². The predicted octanol–water partition coefficient (Wildman–Crippen LogP) is 4.07. The van der Waals surface area contributed by atoms with Crippen LogP contribution in [0.3, 0.4) is 0 Å². The summed E-state index contributed by atoms with van der Waals surface area (Å²) in [7, 11) is 0. The average molecular weight is 402 g/mol. The average Bonchev–Trinajstić information content (AvgIpc) is 3.11. The molecule has 3 rings (SSSR count). The first-order valence-electron chi connectivity index (χ1n) is 8.98. The summed E-state index contributed by atoms with van der Waals surface area (Å²) in [5, 5.41) is 5.33. The zero-order valence-electron chi connectivity index (χ0n) is 15.7. The van der Waals surface area contributed by atoms with E-state index in [-0.39, 0.29) is 17.2 Å². The van der Waals surface area contributed by atoms with E-state index in [0.29, 0.717) is 21.9 Å². The molecule has 0 atom stereocenters. The first kappa shape index (κ1) is 19.6. The number of benzene rings is 1. The zero-order valence-corrected chi connectivity index (χ0v) is 17.4. The molecule has 0 spiro atoms. The Hall–Kier alpha value is -2.12. The van der Waals surface area contributed by atoms with Crippen LogP contribution in [0, 0.1) is 13.8 Å². The third kappa shape index (κ3) is 4.42. The van der Waals surface area contributed by atoms with E-state index < -0.39 is 0 Å². The van der Waals surface area contributed by atoms with Gasteiger partial charge in [-0.2, -0.15) is 0 Å². The molecular weight excluding hydrogens is 378 g/mol. The van der Waals surface area contributed by atoms with Crippen molar-refractivity contribution in [3.05, 3.63) is 51.1 Å². The lowest BCUT2D eigenvalue weighted by atomic mass is 10.1. The van der Waals surface area contributed by atoms with Gasteiger partial charge in [-0.05, 0) is 48.9 Å². The number of nitrogens with zero attached hydrogens (tertiary/aromatic N) is 2. The highest BCUT2D eigenvalue weighted by atomic mass is 32.2. The Kier molecular flexibility index (Phi) is 6.34. The van der Waals surface area contributed by atoms with Crippen molar-refractivity contribution in [2.45, 2.75) is 38.8 Å². The number of thioether (sulfide) groups is 1. The highest BCUT2D eigenvalue weighted by Gasteiger charge is 2.17. The second-order valence-electron chi connectivity index (χ2n) is 6.45. The Morgan fingerprint density at radius 3 is 2.89 bits per heavy atom. The fourth-order valence-corrected chi connectivity index (χ4v) is 4.34. The first-order chi connectivity index (χ1) is 13.0. The zero-order chi connectivity index (χ0) is 19.4. The van der Waals surface area contributed by atoms with Gasteiger partial charge in [-0.15, -0.1) is 11.3 Å². The molecule has 2 heterocycles. The third-order valence-corrected chi connectivity index (χ3v) is 6.07. The maximum absolute atomic E-state index is 13.1. The van der Waals surface area contributed by atoms with Crippen LogP contribution < -0.4 is 10.9 Å². The van der Waals surface area contributed by atoms with Crippen molar-refractivity contribution in [3.63, 3.8) is 0 Å². The molecule has 1 amide bonds. The van der Waals surface area contributed by atoms with Crippen molar-refractivity contribution in [1.82, 2.24) is 14.9 Å². The Morgan fingerprint density at radius 1 is 1.30 bits per heavy atom. The molecule has 1 N–H and O–H groups in total. The van der Waals surface area contributed by atoms with Crippen LogP contribution in [0.25, 0.3) is 15.9 Å². The van der Waals surface area contributed by atoms with Gasteiger partial charge in [0.05, 0.1) is 17.0 Å². The number of aromatic nitrogens is 2. The number of nitrogens with one attached hydrogen (secondary N) is 1. The van der Waals surface area contributed by atoms with Crippen LogP contribution in [0.2, 0.25) is 0 Å². The van der Waals surface area contributed by atoms with Crippen LogP contribution in [-0.2, 0) is 4.79 Å². The summed E-state index contributed by atoms with van der Waals surface area (Å²) in [5.41, 5.74) is 3.48. The summed E-state index contributed by atoms with van der Waals surface area (Å²) < 4.78 is 2.28. The number of carbonyl (C=O) groups is 1. The molecule has 0 unspecified atom stereocenters. The molecule has 0 aliphatic rings. The lowest BCUT2D eigenvalue weighted by Gasteiger charge is -2.15. The Bertz CT molecular complexity index is 1020. The van der Waals surface area contributed by atoms with Crippen LogP contribution in [0.5, 0.6) is 0 Å². The maximum Gasteiger partial charge on any atom is 0.276 e. The van der Waals surface area contributed by atoms with E-state index in [4.69, 9.17) is 0 Å². The van der Waals surface area contributed by atoms with E-state index >= 15 is 0 Å². The monoisotopic (exact) mass is 401 g/mol. The standard InChI is InChI=1S/C20H23N3O2S2/c1-4-5-9-21-17(24)12-27-20-22-15-8-10-26-18(15)19(25)23(20)16-11-13(2)6-7-14(16)3/h6-8,10-11H,4-5,9,12H2,1-3H3,(H,21,24). The molecule has 0 aliphatic heterocycles. The number of hydrogen-bond acceptors (Lipinski definition) is 5.